The van der Waals surface area contributed by atoms with Gasteiger partial charge in [-0.1, -0.05) is 20.8 Å². The van der Waals surface area contributed by atoms with E-state index in [2.05, 4.69) is 53.3 Å². The minimum absolute atomic E-state index is 0.0210. The van der Waals surface area contributed by atoms with Gasteiger partial charge >= 0.3 is 6.01 Å². The molecule has 1 aromatic heterocycles. The van der Waals surface area contributed by atoms with E-state index in [4.69, 9.17) is 4.74 Å². The third kappa shape index (κ3) is 4.83. The number of anilines is 2. The van der Waals surface area contributed by atoms with Crippen LogP contribution in [0.4, 0.5) is 11.9 Å². The Morgan fingerprint density at radius 3 is 2.20 bits per heavy atom. The summed E-state index contributed by atoms with van der Waals surface area (Å²) in [6.07, 6.45) is 2.92. The van der Waals surface area contributed by atoms with E-state index in [0.29, 0.717) is 24.5 Å². The summed E-state index contributed by atoms with van der Waals surface area (Å²) in [6.45, 7) is 11.9. The summed E-state index contributed by atoms with van der Waals surface area (Å²) in [5, 5.41) is 6.49. The highest BCUT2D eigenvalue weighted by molar-refractivity contribution is 5.37. The molecule has 0 bridgehead atoms. The van der Waals surface area contributed by atoms with E-state index in [1.54, 1.807) is 0 Å². The van der Waals surface area contributed by atoms with Crippen LogP contribution >= 0.6 is 0 Å². The number of ether oxygens (including phenoxy) is 1. The summed E-state index contributed by atoms with van der Waals surface area (Å²) in [7, 11) is 0. The van der Waals surface area contributed by atoms with Gasteiger partial charge in [-0.15, -0.1) is 0 Å². The van der Waals surface area contributed by atoms with Gasteiger partial charge in [-0.3, -0.25) is 0 Å². The van der Waals surface area contributed by atoms with Crippen LogP contribution in [0.1, 0.15) is 53.9 Å². The van der Waals surface area contributed by atoms with Gasteiger partial charge < -0.3 is 15.4 Å². The van der Waals surface area contributed by atoms with E-state index in [1.807, 2.05) is 6.92 Å². The zero-order chi connectivity index (χ0) is 15.0. The molecule has 6 nitrogen and oxygen atoms in total. The molecule has 0 amide bonds. The standard InChI is InChI=1S/C14H27N5O/c1-6-10-20-13-17-11(15-9-4)16-12(18-13)19-14(5,7-2)8-3/h6-10H2,1-5H3,(H2,15,16,17,18,19). The largest absolute Gasteiger partial charge is 0.463 e. The normalized spacial score (nSPS) is 11.2. The third-order valence-electron chi connectivity index (χ3n) is 3.36. The molecule has 1 rings (SSSR count). The molecule has 20 heavy (non-hydrogen) atoms. The first-order valence-electron chi connectivity index (χ1n) is 7.47. The Balaban J connectivity index is 2.95. The third-order valence-corrected chi connectivity index (χ3v) is 3.36. The first-order valence-corrected chi connectivity index (χ1v) is 7.47. The van der Waals surface area contributed by atoms with Crippen LogP contribution in [0.15, 0.2) is 0 Å². The van der Waals surface area contributed by atoms with Crippen LogP contribution in [-0.4, -0.2) is 33.6 Å². The lowest BCUT2D eigenvalue weighted by molar-refractivity contribution is 0.292. The summed E-state index contributed by atoms with van der Waals surface area (Å²) >= 11 is 0. The molecule has 0 spiro atoms. The van der Waals surface area contributed by atoms with E-state index < -0.39 is 0 Å². The number of rotatable bonds is 9. The summed E-state index contributed by atoms with van der Waals surface area (Å²) < 4.78 is 5.52. The number of hydrogen-bond donors (Lipinski definition) is 2. The molecule has 0 radical (unpaired) electrons. The minimum atomic E-state index is -0.0210. The molecular formula is C14H27N5O. The summed E-state index contributed by atoms with van der Waals surface area (Å²) in [5.74, 6) is 1.11. The molecule has 0 atom stereocenters. The lowest BCUT2D eigenvalue weighted by Gasteiger charge is -2.28. The summed E-state index contributed by atoms with van der Waals surface area (Å²) in [5.41, 5.74) is -0.0210. The van der Waals surface area contributed by atoms with Gasteiger partial charge in [0.05, 0.1) is 6.61 Å². The molecule has 1 aromatic rings. The van der Waals surface area contributed by atoms with Crippen molar-refractivity contribution in [2.24, 2.45) is 0 Å². The molecule has 0 aliphatic heterocycles. The average molecular weight is 281 g/mol. The summed E-state index contributed by atoms with van der Waals surface area (Å²) in [4.78, 5) is 13.0. The quantitative estimate of drug-likeness (QED) is 0.724. The minimum Gasteiger partial charge on any atom is -0.463 e. The Morgan fingerprint density at radius 2 is 1.65 bits per heavy atom. The van der Waals surface area contributed by atoms with E-state index in [1.165, 1.54) is 0 Å². The molecule has 0 aromatic carbocycles. The van der Waals surface area contributed by atoms with E-state index in [-0.39, 0.29) is 5.54 Å². The summed E-state index contributed by atoms with van der Waals surface area (Å²) in [6, 6.07) is 0.370. The van der Waals surface area contributed by atoms with Crippen LogP contribution in [-0.2, 0) is 0 Å². The highest BCUT2D eigenvalue weighted by Gasteiger charge is 2.21. The first kappa shape index (κ1) is 16.5. The van der Waals surface area contributed by atoms with Crippen LogP contribution in [0, 0.1) is 0 Å². The first-order chi connectivity index (χ1) is 9.56. The lowest BCUT2D eigenvalue weighted by Crippen LogP contribution is -2.34. The SMILES string of the molecule is CCCOc1nc(NCC)nc(NC(C)(CC)CC)n1. The van der Waals surface area contributed by atoms with Crippen LogP contribution in [0.2, 0.25) is 0 Å². The molecule has 0 saturated heterocycles. The van der Waals surface area contributed by atoms with Gasteiger partial charge in [0.2, 0.25) is 11.9 Å². The fraction of sp³-hybridized carbons (Fsp3) is 0.786. The monoisotopic (exact) mass is 281 g/mol. The van der Waals surface area contributed by atoms with Crippen molar-refractivity contribution in [3.8, 4) is 6.01 Å². The van der Waals surface area contributed by atoms with Crippen molar-refractivity contribution in [2.45, 2.75) is 59.4 Å². The molecule has 1 heterocycles. The zero-order valence-electron chi connectivity index (χ0n) is 13.3. The molecule has 2 N–H and O–H groups in total. The zero-order valence-corrected chi connectivity index (χ0v) is 13.3. The highest BCUT2D eigenvalue weighted by Crippen LogP contribution is 2.21. The molecule has 6 heteroatoms. The van der Waals surface area contributed by atoms with Crippen molar-refractivity contribution in [3.05, 3.63) is 0 Å². The molecule has 0 saturated carbocycles. The molecule has 0 fully saturated rings. The Labute approximate surface area is 121 Å². The number of hydrogen-bond acceptors (Lipinski definition) is 6. The Bertz CT molecular complexity index is 407. The van der Waals surface area contributed by atoms with Gasteiger partial charge in [-0.05, 0) is 33.1 Å². The smallest absolute Gasteiger partial charge is 0.323 e. The fourth-order valence-corrected chi connectivity index (χ4v) is 1.60. The van der Waals surface area contributed by atoms with E-state index in [9.17, 15) is 0 Å². The number of nitrogens with zero attached hydrogens (tertiary/aromatic N) is 3. The van der Waals surface area contributed by atoms with Crippen LogP contribution in [0.3, 0.4) is 0 Å². The lowest BCUT2D eigenvalue weighted by atomic mass is 9.96. The molecular weight excluding hydrogens is 254 g/mol. The topological polar surface area (TPSA) is 72.0 Å². The Morgan fingerprint density at radius 1 is 1.00 bits per heavy atom. The van der Waals surface area contributed by atoms with Crippen LogP contribution in [0.25, 0.3) is 0 Å². The van der Waals surface area contributed by atoms with Crippen LogP contribution < -0.4 is 15.4 Å². The van der Waals surface area contributed by atoms with Gasteiger partial charge in [0, 0.05) is 12.1 Å². The van der Waals surface area contributed by atoms with E-state index in [0.717, 1.165) is 25.8 Å². The molecule has 0 aliphatic carbocycles. The molecule has 0 aliphatic rings. The Kier molecular flexibility index (Phi) is 6.48. The van der Waals surface area contributed by atoms with Crippen molar-refractivity contribution in [1.82, 2.24) is 15.0 Å². The second-order valence-corrected chi connectivity index (χ2v) is 5.04. The highest BCUT2D eigenvalue weighted by atomic mass is 16.5. The van der Waals surface area contributed by atoms with E-state index >= 15 is 0 Å². The molecule has 114 valence electrons. The van der Waals surface area contributed by atoms with Gasteiger partial charge in [-0.25, -0.2) is 0 Å². The van der Waals surface area contributed by atoms with Crippen molar-refractivity contribution >= 4 is 11.9 Å². The maximum absolute atomic E-state index is 5.52. The molecule has 0 unspecified atom stereocenters. The van der Waals surface area contributed by atoms with Gasteiger partial charge in [0.1, 0.15) is 0 Å². The predicted octanol–water partition coefficient (Wildman–Crippen LogP) is 3.08. The Hall–Kier alpha value is -1.59. The van der Waals surface area contributed by atoms with Gasteiger partial charge in [0.25, 0.3) is 0 Å². The maximum Gasteiger partial charge on any atom is 0.323 e. The second kappa shape index (κ2) is 7.87. The van der Waals surface area contributed by atoms with Crippen molar-refractivity contribution in [3.63, 3.8) is 0 Å². The fourth-order valence-electron chi connectivity index (χ4n) is 1.60. The number of nitrogens with one attached hydrogen (secondary N) is 2. The van der Waals surface area contributed by atoms with Crippen molar-refractivity contribution in [1.29, 1.82) is 0 Å². The van der Waals surface area contributed by atoms with Crippen molar-refractivity contribution in [2.75, 3.05) is 23.8 Å². The van der Waals surface area contributed by atoms with Gasteiger partial charge in [-0.2, -0.15) is 15.0 Å². The van der Waals surface area contributed by atoms with Crippen LogP contribution in [0.5, 0.6) is 6.01 Å². The second-order valence-electron chi connectivity index (χ2n) is 5.04. The number of aromatic nitrogens is 3. The van der Waals surface area contributed by atoms with Crippen molar-refractivity contribution < 1.29 is 4.74 Å². The van der Waals surface area contributed by atoms with Gasteiger partial charge in [0.15, 0.2) is 0 Å². The predicted molar refractivity (Wildman–Crippen MR) is 82.4 cm³/mol. The average Bonchev–Trinajstić information content (AvgIpc) is 2.45. The maximum atomic E-state index is 5.52.